The Hall–Kier alpha value is -0.660. The number of carboxylic acid groups (broad SMARTS) is 1. The summed E-state index contributed by atoms with van der Waals surface area (Å²) in [6.45, 7) is 1.97. The number of rotatable bonds is 3. The minimum Gasteiger partial charge on any atom is -0.481 e. The molecular formula is C9H7BrN2O2S2. The third kappa shape index (κ3) is 2.21. The molecule has 0 aliphatic carbocycles. The van der Waals surface area contributed by atoms with Crippen LogP contribution in [0.25, 0.3) is 10.2 Å². The molecule has 0 aromatic carbocycles. The van der Waals surface area contributed by atoms with E-state index in [-0.39, 0.29) is 5.75 Å². The highest BCUT2D eigenvalue weighted by Crippen LogP contribution is 2.37. The summed E-state index contributed by atoms with van der Waals surface area (Å²) in [5.41, 5.74) is 1.06. The van der Waals surface area contributed by atoms with Crippen LogP contribution in [0.3, 0.4) is 0 Å². The highest BCUT2D eigenvalue weighted by Gasteiger charge is 2.13. The monoisotopic (exact) mass is 318 g/mol. The molecule has 0 aliphatic heterocycles. The molecule has 7 heteroatoms. The molecular weight excluding hydrogens is 312 g/mol. The minimum absolute atomic E-state index is 0.0129. The van der Waals surface area contributed by atoms with Crippen LogP contribution in [-0.4, -0.2) is 26.8 Å². The third-order valence-corrected chi connectivity index (χ3v) is 5.01. The van der Waals surface area contributed by atoms with E-state index < -0.39 is 5.97 Å². The Labute approximate surface area is 108 Å². The summed E-state index contributed by atoms with van der Waals surface area (Å²) in [6, 6.07) is 0. The van der Waals surface area contributed by atoms with Crippen molar-refractivity contribution in [2.75, 3.05) is 5.75 Å². The van der Waals surface area contributed by atoms with E-state index in [0.717, 1.165) is 24.6 Å². The Bertz CT molecular complexity index is 556. The first-order chi connectivity index (χ1) is 7.59. The molecule has 1 N–H and O–H groups in total. The molecule has 2 aromatic rings. The van der Waals surface area contributed by atoms with E-state index in [2.05, 4.69) is 25.9 Å². The standard InChI is InChI=1S/C9H7BrN2O2S2/c1-4-6-8(15-2-5(13)14)11-3-12-9(6)16-7(4)10/h3H,2H2,1H3,(H,13,14). The zero-order chi connectivity index (χ0) is 11.7. The number of carboxylic acids is 1. The summed E-state index contributed by atoms with van der Waals surface area (Å²) < 4.78 is 1.01. The Morgan fingerprint density at radius 2 is 2.38 bits per heavy atom. The van der Waals surface area contributed by atoms with Crippen molar-refractivity contribution in [1.82, 2.24) is 9.97 Å². The van der Waals surface area contributed by atoms with Gasteiger partial charge in [-0.05, 0) is 28.4 Å². The second-order valence-corrected chi connectivity index (χ2v) is 6.32. The van der Waals surface area contributed by atoms with Gasteiger partial charge in [-0.1, -0.05) is 11.8 Å². The normalized spacial score (nSPS) is 10.9. The Kier molecular flexibility index (Phi) is 3.46. The number of hydrogen-bond acceptors (Lipinski definition) is 5. The average Bonchev–Trinajstić information content (AvgIpc) is 2.52. The van der Waals surface area contributed by atoms with Crippen molar-refractivity contribution in [2.24, 2.45) is 0 Å². The van der Waals surface area contributed by atoms with E-state index in [4.69, 9.17) is 5.11 Å². The number of aliphatic carboxylic acids is 1. The third-order valence-electron chi connectivity index (χ3n) is 1.97. The maximum Gasteiger partial charge on any atom is 0.313 e. The molecule has 4 nitrogen and oxygen atoms in total. The zero-order valence-corrected chi connectivity index (χ0v) is 11.4. The van der Waals surface area contributed by atoms with Crippen molar-refractivity contribution >= 4 is 55.2 Å². The van der Waals surface area contributed by atoms with E-state index in [1.54, 1.807) is 0 Å². The van der Waals surface area contributed by atoms with Gasteiger partial charge in [-0.25, -0.2) is 9.97 Å². The molecule has 0 atom stereocenters. The highest BCUT2D eigenvalue weighted by atomic mass is 79.9. The molecule has 0 amide bonds. The Balaban J connectivity index is 2.48. The quantitative estimate of drug-likeness (QED) is 0.696. The molecule has 0 unspecified atom stereocenters. The number of fused-ring (bicyclic) bond motifs is 1. The molecule has 2 heterocycles. The first-order valence-corrected chi connectivity index (χ1v) is 6.93. The molecule has 2 aromatic heterocycles. The van der Waals surface area contributed by atoms with Crippen LogP contribution in [0.4, 0.5) is 0 Å². The van der Waals surface area contributed by atoms with Gasteiger partial charge < -0.3 is 5.11 Å². The molecule has 0 saturated carbocycles. The first kappa shape index (κ1) is 11.8. The molecule has 0 spiro atoms. The van der Waals surface area contributed by atoms with Gasteiger partial charge in [-0.3, -0.25) is 4.79 Å². The highest BCUT2D eigenvalue weighted by molar-refractivity contribution is 9.11. The number of halogens is 1. The van der Waals surface area contributed by atoms with E-state index in [1.807, 2.05) is 6.92 Å². The van der Waals surface area contributed by atoms with Crippen molar-refractivity contribution in [3.63, 3.8) is 0 Å². The lowest BCUT2D eigenvalue weighted by Gasteiger charge is -2.00. The molecule has 16 heavy (non-hydrogen) atoms. The summed E-state index contributed by atoms with van der Waals surface area (Å²) in [7, 11) is 0. The van der Waals surface area contributed by atoms with Crippen LogP contribution in [0, 0.1) is 6.92 Å². The van der Waals surface area contributed by atoms with E-state index in [1.165, 1.54) is 29.4 Å². The van der Waals surface area contributed by atoms with Crippen LogP contribution in [0.1, 0.15) is 5.56 Å². The average molecular weight is 319 g/mol. The first-order valence-electron chi connectivity index (χ1n) is 4.33. The lowest BCUT2D eigenvalue weighted by molar-refractivity contribution is -0.133. The van der Waals surface area contributed by atoms with Crippen LogP contribution in [-0.2, 0) is 4.79 Å². The summed E-state index contributed by atoms with van der Waals surface area (Å²) in [6.07, 6.45) is 1.47. The fourth-order valence-electron chi connectivity index (χ4n) is 1.25. The zero-order valence-electron chi connectivity index (χ0n) is 8.23. The van der Waals surface area contributed by atoms with Crippen molar-refractivity contribution in [1.29, 1.82) is 0 Å². The lowest BCUT2D eigenvalue weighted by atomic mass is 10.3. The van der Waals surface area contributed by atoms with Crippen molar-refractivity contribution < 1.29 is 9.90 Å². The van der Waals surface area contributed by atoms with E-state index in [0.29, 0.717) is 0 Å². The number of carbonyl (C=O) groups is 1. The Morgan fingerprint density at radius 3 is 3.06 bits per heavy atom. The number of aryl methyl sites for hydroxylation is 1. The van der Waals surface area contributed by atoms with Crippen molar-refractivity contribution in [3.05, 3.63) is 15.7 Å². The molecule has 0 bridgehead atoms. The molecule has 0 fully saturated rings. The summed E-state index contributed by atoms with van der Waals surface area (Å²) in [4.78, 5) is 19.7. The fourth-order valence-corrected chi connectivity index (χ4v) is 3.63. The number of thiophene rings is 1. The fraction of sp³-hybridized carbons (Fsp3) is 0.222. The summed E-state index contributed by atoms with van der Waals surface area (Å²) in [5, 5.41) is 10.3. The van der Waals surface area contributed by atoms with Crippen molar-refractivity contribution in [3.8, 4) is 0 Å². The molecule has 0 aliphatic rings. The summed E-state index contributed by atoms with van der Waals surface area (Å²) in [5.74, 6) is -0.831. The topological polar surface area (TPSA) is 63.1 Å². The van der Waals surface area contributed by atoms with Gasteiger partial charge in [-0.15, -0.1) is 11.3 Å². The predicted molar refractivity (Wildman–Crippen MR) is 68.2 cm³/mol. The number of thioether (sulfide) groups is 1. The van der Waals surface area contributed by atoms with Crippen LogP contribution in [0.15, 0.2) is 15.1 Å². The Morgan fingerprint density at radius 1 is 1.62 bits per heavy atom. The van der Waals surface area contributed by atoms with Crippen LogP contribution >= 0.6 is 39.0 Å². The van der Waals surface area contributed by atoms with Gasteiger partial charge in [0.15, 0.2) is 0 Å². The lowest BCUT2D eigenvalue weighted by Crippen LogP contribution is -1.98. The molecule has 84 valence electrons. The van der Waals surface area contributed by atoms with Gasteiger partial charge >= 0.3 is 5.97 Å². The van der Waals surface area contributed by atoms with E-state index in [9.17, 15) is 4.79 Å². The van der Waals surface area contributed by atoms with Crippen LogP contribution < -0.4 is 0 Å². The summed E-state index contributed by atoms with van der Waals surface area (Å²) >= 11 is 6.20. The second kappa shape index (κ2) is 4.68. The van der Waals surface area contributed by atoms with Gasteiger partial charge in [-0.2, -0.15) is 0 Å². The molecule has 0 saturated heterocycles. The van der Waals surface area contributed by atoms with Crippen LogP contribution in [0.2, 0.25) is 0 Å². The minimum atomic E-state index is -0.844. The van der Waals surface area contributed by atoms with Crippen LogP contribution in [0.5, 0.6) is 0 Å². The van der Waals surface area contributed by atoms with Gasteiger partial charge in [0.25, 0.3) is 0 Å². The maximum absolute atomic E-state index is 10.5. The van der Waals surface area contributed by atoms with Gasteiger partial charge in [0.1, 0.15) is 16.2 Å². The number of aromatic nitrogens is 2. The van der Waals surface area contributed by atoms with Gasteiger partial charge in [0.2, 0.25) is 0 Å². The SMILES string of the molecule is Cc1c(Br)sc2ncnc(SCC(=O)O)c12. The largest absolute Gasteiger partial charge is 0.481 e. The van der Waals surface area contributed by atoms with E-state index >= 15 is 0 Å². The number of hydrogen-bond donors (Lipinski definition) is 1. The van der Waals surface area contributed by atoms with Gasteiger partial charge in [0.05, 0.1) is 9.54 Å². The number of nitrogens with zero attached hydrogens (tertiary/aromatic N) is 2. The molecule has 0 radical (unpaired) electrons. The van der Waals surface area contributed by atoms with Crippen molar-refractivity contribution in [2.45, 2.75) is 11.9 Å². The predicted octanol–water partition coefficient (Wildman–Crippen LogP) is 2.94. The maximum atomic E-state index is 10.5. The second-order valence-electron chi connectivity index (χ2n) is 3.04. The van der Waals surface area contributed by atoms with Gasteiger partial charge in [0, 0.05) is 5.39 Å². The molecule has 2 rings (SSSR count). The smallest absolute Gasteiger partial charge is 0.313 e.